The number of H-pyrrole nitrogens is 1. The van der Waals surface area contributed by atoms with Crippen LogP contribution in [0.1, 0.15) is 80.3 Å². The largest absolute Gasteiger partial charge is 0.481 e. The molecule has 0 bridgehead atoms. The zero-order valence-corrected chi connectivity index (χ0v) is 24.6. The van der Waals surface area contributed by atoms with Crippen LogP contribution in [0.4, 0.5) is 0 Å². The number of pyridine rings is 2. The second-order valence-electron chi connectivity index (χ2n) is 11.2. The average Bonchev–Trinajstić information content (AvgIpc) is 3.16. The van der Waals surface area contributed by atoms with Crippen molar-refractivity contribution in [3.05, 3.63) is 78.0 Å². The number of nitrogens with one attached hydrogen (secondary N) is 1. The van der Waals surface area contributed by atoms with Crippen LogP contribution in [0.25, 0.3) is 0 Å². The quantitative estimate of drug-likeness (QED) is 0.430. The molecule has 2 aliphatic rings. The first-order valence-corrected chi connectivity index (χ1v) is 14.9. The number of piperidine rings is 1. The van der Waals surface area contributed by atoms with Gasteiger partial charge in [0.15, 0.2) is 0 Å². The van der Waals surface area contributed by atoms with Crippen molar-refractivity contribution in [3.63, 3.8) is 0 Å². The summed E-state index contributed by atoms with van der Waals surface area (Å²) in [5.41, 5.74) is 5.48. The number of carbonyl (C=O) groups excluding carboxylic acids is 1. The lowest BCUT2D eigenvalue weighted by molar-refractivity contribution is 0.0747. The van der Waals surface area contributed by atoms with Gasteiger partial charge in [-0.05, 0) is 94.6 Å². The van der Waals surface area contributed by atoms with Gasteiger partial charge in [0.2, 0.25) is 5.88 Å². The number of aromatic nitrogens is 2. The molecule has 1 N–H and O–H groups in total. The molecule has 0 spiro atoms. The molecule has 0 saturated carbocycles. The number of thiophene rings is 1. The van der Waals surface area contributed by atoms with Gasteiger partial charge in [-0.2, -0.15) is 0 Å². The fraction of sp³-hybridized carbons (Fsp3) is 0.516. The zero-order valence-electron chi connectivity index (χ0n) is 23.8. The molecule has 1 amide bonds. The number of rotatable bonds is 7. The van der Waals surface area contributed by atoms with E-state index in [4.69, 9.17) is 4.74 Å². The van der Waals surface area contributed by atoms with Gasteiger partial charge in [0.05, 0.1) is 24.9 Å². The standard InChI is InChI=1S/C31H40N4O3S/c1-19-16-20(2)32-30(36)25(19)18-35-13-7-9-26-28(31(35)37)22(4)29(39-26)21(3)23-11-14-34(15-12-23)17-24-8-6-10-27(33-24)38-5/h6,8,10,16,21,23H,7,9,11-15,17-18H2,1-5H3,(H,32,36). The predicted octanol–water partition coefficient (Wildman–Crippen LogP) is 5.37. The van der Waals surface area contributed by atoms with Gasteiger partial charge in [-0.1, -0.05) is 13.0 Å². The highest BCUT2D eigenvalue weighted by atomic mass is 32.1. The lowest BCUT2D eigenvalue weighted by Crippen LogP contribution is -2.35. The number of ether oxygens (including phenoxy) is 1. The number of aryl methyl sites for hydroxylation is 3. The van der Waals surface area contributed by atoms with E-state index < -0.39 is 0 Å². The smallest absolute Gasteiger partial charge is 0.255 e. The minimum absolute atomic E-state index is 0.0784. The molecular formula is C31H40N4O3S. The van der Waals surface area contributed by atoms with E-state index in [1.165, 1.54) is 9.75 Å². The van der Waals surface area contributed by atoms with Crippen molar-refractivity contribution in [2.24, 2.45) is 5.92 Å². The third kappa shape index (κ3) is 5.82. The molecule has 3 aromatic heterocycles. The van der Waals surface area contributed by atoms with Crippen LogP contribution in [0.5, 0.6) is 5.88 Å². The Morgan fingerprint density at radius 2 is 1.90 bits per heavy atom. The highest BCUT2D eigenvalue weighted by Gasteiger charge is 2.33. The summed E-state index contributed by atoms with van der Waals surface area (Å²) >= 11 is 1.85. The summed E-state index contributed by atoms with van der Waals surface area (Å²) in [6, 6.07) is 7.94. The number of methoxy groups -OCH3 is 1. The van der Waals surface area contributed by atoms with E-state index in [0.717, 1.165) is 73.4 Å². The Morgan fingerprint density at radius 3 is 2.62 bits per heavy atom. The van der Waals surface area contributed by atoms with Gasteiger partial charge in [0, 0.05) is 40.2 Å². The topological polar surface area (TPSA) is 78.5 Å². The van der Waals surface area contributed by atoms with Crippen LogP contribution in [-0.4, -0.2) is 52.4 Å². The van der Waals surface area contributed by atoms with Crippen LogP contribution in [0.3, 0.4) is 0 Å². The third-order valence-electron chi connectivity index (χ3n) is 8.56. The van der Waals surface area contributed by atoms with Crippen molar-refractivity contribution < 1.29 is 9.53 Å². The van der Waals surface area contributed by atoms with Crippen molar-refractivity contribution in [1.29, 1.82) is 0 Å². The van der Waals surface area contributed by atoms with Crippen molar-refractivity contribution in [2.45, 2.75) is 72.4 Å². The molecule has 0 radical (unpaired) electrons. The van der Waals surface area contributed by atoms with Crippen LogP contribution in [0, 0.1) is 26.7 Å². The first-order chi connectivity index (χ1) is 18.7. The molecule has 1 unspecified atom stereocenters. The SMILES string of the molecule is COc1cccc(CN2CCC(C(C)c3sc4c(c3C)C(=O)N(Cc3c(C)cc(C)[nH]c3=O)CCC4)CC2)n1. The number of nitrogens with zero attached hydrogens (tertiary/aromatic N) is 3. The molecule has 208 valence electrons. The Morgan fingerprint density at radius 1 is 1.13 bits per heavy atom. The number of hydrogen-bond donors (Lipinski definition) is 1. The Balaban J connectivity index is 1.28. The molecule has 1 saturated heterocycles. The van der Waals surface area contributed by atoms with E-state index in [1.807, 2.05) is 48.3 Å². The maximum absolute atomic E-state index is 13.8. The summed E-state index contributed by atoms with van der Waals surface area (Å²) in [7, 11) is 1.66. The maximum Gasteiger partial charge on any atom is 0.255 e. The first kappa shape index (κ1) is 27.6. The summed E-state index contributed by atoms with van der Waals surface area (Å²) in [5, 5.41) is 0. The van der Waals surface area contributed by atoms with E-state index in [0.29, 0.717) is 36.4 Å². The highest BCUT2D eigenvalue weighted by Crippen LogP contribution is 2.42. The predicted molar refractivity (Wildman–Crippen MR) is 156 cm³/mol. The lowest BCUT2D eigenvalue weighted by Gasteiger charge is -2.34. The van der Waals surface area contributed by atoms with Gasteiger partial charge in [0.1, 0.15) is 0 Å². The van der Waals surface area contributed by atoms with Gasteiger partial charge < -0.3 is 14.6 Å². The van der Waals surface area contributed by atoms with E-state index in [1.54, 1.807) is 7.11 Å². The molecule has 2 aliphatic heterocycles. The van der Waals surface area contributed by atoms with Crippen molar-refractivity contribution in [3.8, 4) is 5.88 Å². The summed E-state index contributed by atoms with van der Waals surface area (Å²) < 4.78 is 5.28. The van der Waals surface area contributed by atoms with E-state index in [-0.39, 0.29) is 11.5 Å². The Labute approximate surface area is 235 Å². The van der Waals surface area contributed by atoms with E-state index >= 15 is 0 Å². The number of aromatic amines is 1. The molecule has 0 aliphatic carbocycles. The normalized spacial score (nSPS) is 17.7. The van der Waals surface area contributed by atoms with E-state index in [9.17, 15) is 9.59 Å². The van der Waals surface area contributed by atoms with Gasteiger partial charge in [-0.15, -0.1) is 11.3 Å². The van der Waals surface area contributed by atoms with Crippen LogP contribution < -0.4 is 10.3 Å². The van der Waals surface area contributed by atoms with Gasteiger partial charge in [0.25, 0.3) is 11.5 Å². The molecule has 0 aromatic carbocycles. The number of hydrogen-bond acceptors (Lipinski definition) is 6. The number of carbonyl (C=O) groups is 1. The van der Waals surface area contributed by atoms with E-state index in [2.05, 4.69) is 34.8 Å². The average molecular weight is 549 g/mol. The van der Waals surface area contributed by atoms with Gasteiger partial charge in [-0.25, -0.2) is 4.98 Å². The molecule has 7 nitrogen and oxygen atoms in total. The van der Waals surface area contributed by atoms with Gasteiger partial charge >= 0.3 is 0 Å². The number of amides is 1. The Kier molecular flexibility index (Phi) is 8.24. The molecule has 5 rings (SSSR count). The molecule has 5 heterocycles. The van der Waals surface area contributed by atoms with Crippen LogP contribution in [-0.2, 0) is 19.5 Å². The highest BCUT2D eigenvalue weighted by molar-refractivity contribution is 7.12. The summed E-state index contributed by atoms with van der Waals surface area (Å²) in [4.78, 5) is 40.9. The number of fused-ring (bicyclic) bond motifs is 1. The molecule has 1 atom stereocenters. The second-order valence-corrected chi connectivity index (χ2v) is 12.4. The minimum atomic E-state index is -0.0883. The van der Waals surface area contributed by atoms with Gasteiger partial charge in [-0.3, -0.25) is 14.5 Å². The third-order valence-corrected chi connectivity index (χ3v) is 10.1. The summed E-state index contributed by atoms with van der Waals surface area (Å²) in [6.07, 6.45) is 4.13. The molecule has 39 heavy (non-hydrogen) atoms. The minimum Gasteiger partial charge on any atom is -0.481 e. The van der Waals surface area contributed by atoms with Crippen LogP contribution in [0.2, 0.25) is 0 Å². The van der Waals surface area contributed by atoms with Crippen molar-refractivity contribution in [1.82, 2.24) is 19.8 Å². The monoisotopic (exact) mass is 548 g/mol. The lowest BCUT2D eigenvalue weighted by atomic mass is 9.83. The Bertz CT molecular complexity index is 1400. The van der Waals surface area contributed by atoms with Crippen LogP contribution in [0.15, 0.2) is 29.1 Å². The van der Waals surface area contributed by atoms with Crippen LogP contribution >= 0.6 is 11.3 Å². The second kappa shape index (κ2) is 11.6. The fourth-order valence-corrected chi connectivity index (χ4v) is 7.79. The Hall–Kier alpha value is -2.97. The maximum atomic E-state index is 13.8. The molecule has 1 fully saturated rings. The molecular weight excluding hydrogens is 508 g/mol. The zero-order chi connectivity index (χ0) is 27.7. The summed E-state index contributed by atoms with van der Waals surface area (Å²) in [5.74, 6) is 1.76. The molecule has 8 heteroatoms. The summed E-state index contributed by atoms with van der Waals surface area (Å²) in [6.45, 7) is 12.3. The fourth-order valence-electron chi connectivity index (χ4n) is 6.31. The van der Waals surface area contributed by atoms with Crippen molar-refractivity contribution >= 4 is 17.2 Å². The molecule has 3 aromatic rings. The first-order valence-electron chi connectivity index (χ1n) is 14.1. The van der Waals surface area contributed by atoms with Crippen molar-refractivity contribution in [2.75, 3.05) is 26.7 Å². The number of likely N-dealkylation sites (tertiary alicyclic amines) is 1.